The summed E-state index contributed by atoms with van der Waals surface area (Å²) in [6.07, 6.45) is 0. The monoisotopic (exact) mass is 212 g/mol. The van der Waals surface area contributed by atoms with Crippen LogP contribution in [-0.2, 0) is 0 Å². The van der Waals surface area contributed by atoms with Gasteiger partial charge in [-0.2, -0.15) is 0 Å². The van der Waals surface area contributed by atoms with E-state index in [1.54, 1.807) is 0 Å². The number of hydrogen-bond donors (Lipinski definition) is 1. The van der Waals surface area contributed by atoms with Crippen molar-refractivity contribution in [1.29, 1.82) is 0 Å². The van der Waals surface area contributed by atoms with Crippen LogP contribution in [0.1, 0.15) is 24.2 Å². The first kappa shape index (κ1) is 11.5. The molecule has 0 aliphatic carbocycles. The predicted molar refractivity (Wildman–Crippen MR) is 53.7 cm³/mol. The van der Waals surface area contributed by atoms with E-state index < -0.39 is 11.8 Å². The van der Waals surface area contributed by atoms with E-state index in [0.717, 1.165) is 6.07 Å². The smallest absolute Gasteiger partial charge is 0.339 e. The molecule has 4 heteroatoms. The first-order chi connectivity index (χ1) is 7.00. The summed E-state index contributed by atoms with van der Waals surface area (Å²) in [6.45, 7) is 4.31. The first-order valence-electron chi connectivity index (χ1n) is 4.66. The first-order valence-corrected chi connectivity index (χ1v) is 4.66. The second kappa shape index (κ2) is 4.77. The van der Waals surface area contributed by atoms with E-state index in [2.05, 4.69) is 0 Å². The summed E-state index contributed by atoms with van der Waals surface area (Å²) in [5.74, 6) is -1.27. The second-order valence-corrected chi connectivity index (χ2v) is 3.65. The van der Waals surface area contributed by atoms with Crippen LogP contribution in [0.25, 0.3) is 0 Å². The number of hydrogen-bond acceptors (Lipinski definition) is 2. The summed E-state index contributed by atoms with van der Waals surface area (Å²) < 4.78 is 18.1. The molecule has 0 saturated heterocycles. The maximum Gasteiger partial charge on any atom is 0.339 e. The Bertz CT molecular complexity index is 361. The number of halogens is 1. The van der Waals surface area contributed by atoms with Crippen LogP contribution in [0.4, 0.5) is 4.39 Å². The van der Waals surface area contributed by atoms with Crippen molar-refractivity contribution in [1.82, 2.24) is 0 Å². The Morgan fingerprint density at radius 3 is 2.73 bits per heavy atom. The fraction of sp³-hybridized carbons (Fsp3) is 0.364. The van der Waals surface area contributed by atoms with Crippen molar-refractivity contribution in [2.24, 2.45) is 5.92 Å². The van der Waals surface area contributed by atoms with Gasteiger partial charge in [0.1, 0.15) is 17.1 Å². The van der Waals surface area contributed by atoms with Gasteiger partial charge < -0.3 is 9.84 Å². The third-order valence-electron chi connectivity index (χ3n) is 1.74. The van der Waals surface area contributed by atoms with Crippen molar-refractivity contribution in [3.63, 3.8) is 0 Å². The highest BCUT2D eigenvalue weighted by molar-refractivity contribution is 5.90. The normalized spacial score (nSPS) is 10.4. The third kappa shape index (κ3) is 3.23. The Balaban J connectivity index is 2.91. The molecule has 0 aromatic heterocycles. The number of rotatable bonds is 4. The Hall–Kier alpha value is -1.58. The molecule has 3 nitrogen and oxygen atoms in total. The lowest BCUT2D eigenvalue weighted by molar-refractivity contribution is 0.0691. The summed E-state index contributed by atoms with van der Waals surface area (Å²) in [5, 5.41) is 8.81. The van der Waals surface area contributed by atoms with Crippen molar-refractivity contribution in [2.75, 3.05) is 6.61 Å². The molecule has 0 saturated carbocycles. The summed E-state index contributed by atoms with van der Waals surface area (Å²) in [6, 6.07) is 3.47. The van der Waals surface area contributed by atoms with Gasteiger partial charge in [0.2, 0.25) is 0 Å². The highest BCUT2D eigenvalue weighted by Crippen LogP contribution is 2.20. The SMILES string of the molecule is CC(C)COc1ccc(F)cc1C(=O)O. The number of benzene rings is 1. The molecule has 0 bridgehead atoms. The summed E-state index contributed by atoms with van der Waals surface area (Å²) in [4.78, 5) is 10.8. The van der Waals surface area contributed by atoms with E-state index in [1.807, 2.05) is 13.8 Å². The highest BCUT2D eigenvalue weighted by Gasteiger charge is 2.12. The molecule has 0 spiro atoms. The fourth-order valence-electron chi connectivity index (χ4n) is 1.05. The van der Waals surface area contributed by atoms with Crippen molar-refractivity contribution >= 4 is 5.97 Å². The quantitative estimate of drug-likeness (QED) is 0.834. The number of carboxylic acid groups (broad SMARTS) is 1. The lowest BCUT2D eigenvalue weighted by Gasteiger charge is -2.10. The molecule has 0 aliphatic heterocycles. The molecule has 1 aromatic carbocycles. The zero-order chi connectivity index (χ0) is 11.4. The molecular formula is C11H13FO3. The van der Waals surface area contributed by atoms with Gasteiger partial charge in [-0.3, -0.25) is 0 Å². The maximum atomic E-state index is 12.8. The van der Waals surface area contributed by atoms with Crippen LogP contribution in [0, 0.1) is 11.7 Å². The molecule has 82 valence electrons. The fourth-order valence-corrected chi connectivity index (χ4v) is 1.05. The topological polar surface area (TPSA) is 46.5 Å². The van der Waals surface area contributed by atoms with Crippen LogP contribution in [-0.4, -0.2) is 17.7 Å². The molecule has 15 heavy (non-hydrogen) atoms. The Morgan fingerprint density at radius 1 is 1.53 bits per heavy atom. The second-order valence-electron chi connectivity index (χ2n) is 3.65. The molecule has 1 rings (SSSR count). The Morgan fingerprint density at radius 2 is 2.20 bits per heavy atom. The van der Waals surface area contributed by atoms with Crippen LogP contribution in [0.5, 0.6) is 5.75 Å². The van der Waals surface area contributed by atoms with Crippen LogP contribution in [0.15, 0.2) is 18.2 Å². The average molecular weight is 212 g/mol. The largest absolute Gasteiger partial charge is 0.492 e. The average Bonchev–Trinajstić information content (AvgIpc) is 2.15. The molecular weight excluding hydrogens is 199 g/mol. The van der Waals surface area contributed by atoms with E-state index >= 15 is 0 Å². The predicted octanol–water partition coefficient (Wildman–Crippen LogP) is 2.56. The van der Waals surface area contributed by atoms with Crippen LogP contribution >= 0.6 is 0 Å². The molecule has 0 atom stereocenters. The van der Waals surface area contributed by atoms with Crippen LogP contribution < -0.4 is 4.74 Å². The van der Waals surface area contributed by atoms with Gasteiger partial charge in [0, 0.05) is 0 Å². The van der Waals surface area contributed by atoms with Gasteiger partial charge in [0.25, 0.3) is 0 Å². The molecule has 0 radical (unpaired) electrons. The lowest BCUT2D eigenvalue weighted by atomic mass is 10.2. The molecule has 0 fully saturated rings. The minimum absolute atomic E-state index is 0.143. The van der Waals surface area contributed by atoms with Crippen molar-refractivity contribution in [2.45, 2.75) is 13.8 Å². The van der Waals surface area contributed by atoms with E-state index in [9.17, 15) is 9.18 Å². The van der Waals surface area contributed by atoms with Gasteiger partial charge in [-0.05, 0) is 24.1 Å². The molecule has 1 aromatic rings. The van der Waals surface area contributed by atoms with Gasteiger partial charge in [-0.1, -0.05) is 13.8 Å². The molecule has 1 N–H and O–H groups in total. The van der Waals surface area contributed by atoms with Gasteiger partial charge in [-0.25, -0.2) is 9.18 Å². The highest BCUT2D eigenvalue weighted by atomic mass is 19.1. The summed E-state index contributed by atoms with van der Waals surface area (Å²) >= 11 is 0. The standard InChI is InChI=1S/C11H13FO3/c1-7(2)6-15-10-4-3-8(12)5-9(10)11(13)14/h3-5,7H,6H2,1-2H3,(H,13,14). The van der Waals surface area contributed by atoms with Crippen molar-refractivity contribution in [3.8, 4) is 5.75 Å². The van der Waals surface area contributed by atoms with Gasteiger partial charge in [-0.15, -0.1) is 0 Å². The van der Waals surface area contributed by atoms with Crippen molar-refractivity contribution in [3.05, 3.63) is 29.6 Å². The lowest BCUT2D eigenvalue weighted by Crippen LogP contribution is -2.08. The number of ether oxygens (including phenoxy) is 1. The summed E-state index contributed by atoms with van der Waals surface area (Å²) in [7, 11) is 0. The molecule has 0 heterocycles. The minimum atomic E-state index is -1.19. The number of aromatic carboxylic acids is 1. The van der Waals surface area contributed by atoms with Gasteiger partial charge >= 0.3 is 5.97 Å². The van der Waals surface area contributed by atoms with Gasteiger partial charge in [0.15, 0.2) is 0 Å². The zero-order valence-electron chi connectivity index (χ0n) is 8.66. The molecule has 0 amide bonds. The maximum absolute atomic E-state index is 12.8. The molecule has 0 unspecified atom stereocenters. The Labute approximate surface area is 87.5 Å². The third-order valence-corrected chi connectivity index (χ3v) is 1.74. The number of carbonyl (C=O) groups is 1. The van der Waals surface area contributed by atoms with E-state index in [0.29, 0.717) is 6.61 Å². The van der Waals surface area contributed by atoms with Gasteiger partial charge in [0.05, 0.1) is 6.61 Å². The number of carboxylic acids is 1. The molecule has 0 aliphatic rings. The van der Waals surface area contributed by atoms with Crippen LogP contribution in [0.3, 0.4) is 0 Å². The Kier molecular flexibility index (Phi) is 3.66. The van der Waals surface area contributed by atoms with E-state index in [-0.39, 0.29) is 17.2 Å². The minimum Gasteiger partial charge on any atom is -0.492 e. The van der Waals surface area contributed by atoms with Crippen LogP contribution in [0.2, 0.25) is 0 Å². The van der Waals surface area contributed by atoms with E-state index in [1.165, 1.54) is 12.1 Å². The van der Waals surface area contributed by atoms with E-state index in [4.69, 9.17) is 9.84 Å². The van der Waals surface area contributed by atoms with Crippen molar-refractivity contribution < 1.29 is 19.0 Å². The zero-order valence-corrected chi connectivity index (χ0v) is 8.66. The summed E-state index contributed by atoms with van der Waals surface area (Å²) in [5.41, 5.74) is -0.143.